The summed E-state index contributed by atoms with van der Waals surface area (Å²) in [6.07, 6.45) is 7.71. The fourth-order valence-corrected chi connectivity index (χ4v) is 4.06. The Labute approximate surface area is 144 Å². The molecule has 1 aromatic carbocycles. The van der Waals surface area contributed by atoms with Crippen molar-refractivity contribution in [2.75, 3.05) is 6.61 Å². The van der Waals surface area contributed by atoms with Crippen LogP contribution in [0.25, 0.3) is 0 Å². The highest BCUT2D eigenvalue weighted by molar-refractivity contribution is 5.91. The molecular formula is C20H27NO3. The summed E-state index contributed by atoms with van der Waals surface area (Å²) in [5, 5.41) is 0. The summed E-state index contributed by atoms with van der Waals surface area (Å²) in [6, 6.07) is 6.24. The summed E-state index contributed by atoms with van der Waals surface area (Å²) in [6.45, 7) is 3.97. The van der Waals surface area contributed by atoms with Crippen LogP contribution in [0.5, 0.6) is 0 Å². The molecule has 1 saturated heterocycles. The molecule has 1 aromatic rings. The van der Waals surface area contributed by atoms with Gasteiger partial charge >= 0.3 is 5.97 Å². The highest BCUT2D eigenvalue weighted by Crippen LogP contribution is 2.24. The standard InChI is InChI=1S/C20H27NO3/c1-14-6-5-7-15(2)21(14)19(22)13-24-20(23)18-11-10-16-8-3-4-9-17(16)12-18/h10-12,14-15H,3-9,13H2,1-2H3. The van der Waals surface area contributed by atoms with Gasteiger partial charge in [-0.1, -0.05) is 6.07 Å². The van der Waals surface area contributed by atoms with Gasteiger partial charge < -0.3 is 9.64 Å². The molecule has 0 bridgehead atoms. The van der Waals surface area contributed by atoms with Crippen LogP contribution in [0.1, 0.15) is 67.4 Å². The molecule has 0 aromatic heterocycles. The normalized spacial score (nSPS) is 23.5. The molecule has 1 aliphatic heterocycles. The highest BCUT2D eigenvalue weighted by atomic mass is 16.5. The number of rotatable bonds is 3. The molecule has 1 heterocycles. The average Bonchev–Trinajstić information content (AvgIpc) is 2.59. The van der Waals surface area contributed by atoms with Gasteiger partial charge in [-0.3, -0.25) is 4.79 Å². The van der Waals surface area contributed by atoms with Crippen molar-refractivity contribution in [1.82, 2.24) is 4.90 Å². The Balaban J connectivity index is 1.60. The Morgan fingerprint density at radius 2 is 1.71 bits per heavy atom. The molecule has 0 saturated carbocycles. The van der Waals surface area contributed by atoms with Gasteiger partial charge in [0.2, 0.25) is 0 Å². The van der Waals surface area contributed by atoms with E-state index in [0.717, 1.165) is 32.1 Å². The lowest BCUT2D eigenvalue weighted by molar-refractivity contribution is -0.140. The van der Waals surface area contributed by atoms with Crippen molar-refractivity contribution in [3.8, 4) is 0 Å². The third-order valence-electron chi connectivity index (χ3n) is 5.39. The number of likely N-dealkylation sites (tertiary alicyclic amines) is 1. The maximum Gasteiger partial charge on any atom is 0.338 e. The molecule has 130 valence electrons. The van der Waals surface area contributed by atoms with Gasteiger partial charge in [0.1, 0.15) is 0 Å². The van der Waals surface area contributed by atoms with E-state index in [1.54, 1.807) is 0 Å². The third-order valence-corrected chi connectivity index (χ3v) is 5.39. The predicted molar refractivity (Wildman–Crippen MR) is 93.0 cm³/mol. The molecule has 2 aliphatic rings. The number of aryl methyl sites for hydroxylation is 2. The summed E-state index contributed by atoms with van der Waals surface area (Å²) in [7, 11) is 0. The third kappa shape index (κ3) is 3.63. The van der Waals surface area contributed by atoms with E-state index in [1.807, 2.05) is 23.1 Å². The van der Waals surface area contributed by atoms with Gasteiger partial charge in [0.15, 0.2) is 6.61 Å². The van der Waals surface area contributed by atoms with Crippen LogP contribution in [0.15, 0.2) is 18.2 Å². The molecule has 24 heavy (non-hydrogen) atoms. The zero-order valence-electron chi connectivity index (χ0n) is 14.7. The number of esters is 1. The van der Waals surface area contributed by atoms with Crippen LogP contribution in [0.3, 0.4) is 0 Å². The number of amides is 1. The second-order valence-corrected chi connectivity index (χ2v) is 7.20. The average molecular weight is 329 g/mol. The minimum absolute atomic E-state index is 0.0824. The SMILES string of the molecule is CC1CCCC(C)N1C(=O)COC(=O)c1ccc2c(c1)CCCC2. The number of hydrogen-bond donors (Lipinski definition) is 0. The molecule has 1 amide bonds. The minimum Gasteiger partial charge on any atom is -0.452 e. The summed E-state index contributed by atoms with van der Waals surface area (Å²) in [5.41, 5.74) is 3.15. The van der Waals surface area contributed by atoms with Crippen LogP contribution in [0.4, 0.5) is 0 Å². The van der Waals surface area contributed by atoms with Gasteiger partial charge in [-0.15, -0.1) is 0 Å². The molecule has 1 aliphatic carbocycles. The quantitative estimate of drug-likeness (QED) is 0.797. The number of hydrogen-bond acceptors (Lipinski definition) is 3. The van der Waals surface area contributed by atoms with E-state index < -0.39 is 5.97 Å². The minimum atomic E-state index is -0.394. The zero-order valence-corrected chi connectivity index (χ0v) is 14.7. The Kier molecular flexibility index (Phi) is 5.22. The number of carbonyl (C=O) groups excluding carboxylic acids is 2. The maximum atomic E-state index is 12.4. The molecular weight excluding hydrogens is 302 g/mol. The molecule has 0 spiro atoms. The van der Waals surface area contributed by atoms with Crippen LogP contribution in [0, 0.1) is 0 Å². The largest absolute Gasteiger partial charge is 0.452 e. The molecule has 1 fully saturated rings. The number of benzene rings is 1. The smallest absolute Gasteiger partial charge is 0.338 e. The van der Waals surface area contributed by atoms with Crippen molar-refractivity contribution in [1.29, 1.82) is 0 Å². The van der Waals surface area contributed by atoms with E-state index >= 15 is 0 Å². The van der Waals surface area contributed by atoms with Crippen molar-refractivity contribution in [2.24, 2.45) is 0 Å². The summed E-state index contributed by atoms with van der Waals surface area (Å²) < 4.78 is 5.30. The molecule has 0 N–H and O–H groups in total. The summed E-state index contributed by atoms with van der Waals surface area (Å²) in [4.78, 5) is 26.6. The van der Waals surface area contributed by atoms with Crippen molar-refractivity contribution in [2.45, 2.75) is 70.9 Å². The summed E-state index contributed by atoms with van der Waals surface area (Å²) >= 11 is 0. The fraction of sp³-hybridized carbons (Fsp3) is 0.600. The lowest BCUT2D eigenvalue weighted by atomic mass is 9.90. The second-order valence-electron chi connectivity index (χ2n) is 7.20. The Morgan fingerprint density at radius 3 is 2.42 bits per heavy atom. The van der Waals surface area contributed by atoms with Crippen LogP contribution >= 0.6 is 0 Å². The lowest BCUT2D eigenvalue weighted by Crippen LogP contribution is -2.49. The van der Waals surface area contributed by atoms with Gasteiger partial charge in [0, 0.05) is 12.1 Å². The number of nitrogens with zero attached hydrogens (tertiary/aromatic N) is 1. The van der Waals surface area contributed by atoms with Crippen molar-refractivity contribution in [3.63, 3.8) is 0 Å². The first-order chi connectivity index (χ1) is 11.6. The van der Waals surface area contributed by atoms with Crippen LogP contribution in [-0.4, -0.2) is 35.5 Å². The number of ether oxygens (including phenoxy) is 1. The predicted octanol–water partition coefficient (Wildman–Crippen LogP) is 3.51. The van der Waals surface area contributed by atoms with E-state index in [-0.39, 0.29) is 24.6 Å². The van der Waals surface area contributed by atoms with E-state index in [1.165, 1.54) is 24.0 Å². The zero-order chi connectivity index (χ0) is 17.1. The first-order valence-corrected chi connectivity index (χ1v) is 9.16. The molecule has 0 radical (unpaired) electrons. The fourth-order valence-electron chi connectivity index (χ4n) is 4.06. The monoisotopic (exact) mass is 329 g/mol. The van der Waals surface area contributed by atoms with Crippen molar-refractivity contribution in [3.05, 3.63) is 34.9 Å². The Morgan fingerprint density at radius 1 is 1.04 bits per heavy atom. The molecule has 2 atom stereocenters. The molecule has 4 heteroatoms. The van der Waals surface area contributed by atoms with E-state index in [0.29, 0.717) is 5.56 Å². The highest BCUT2D eigenvalue weighted by Gasteiger charge is 2.29. The number of piperidine rings is 1. The van der Waals surface area contributed by atoms with E-state index in [2.05, 4.69) is 13.8 Å². The maximum absolute atomic E-state index is 12.4. The van der Waals surface area contributed by atoms with Gasteiger partial charge in [0.05, 0.1) is 5.56 Å². The molecule has 2 unspecified atom stereocenters. The topological polar surface area (TPSA) is 46.6 Å². The first-order valence-electron chi connectivity index (χ1n) is 9.16. The van der Waals surface area contributed by atoms with Gasteiger partial charge in [-0.2, -0.15) is 0 Å². The van der Waals surface area contributed by atoms with Crippen molar-refractivity contribution < 1.29 is 14.3 Å². The second kappa shape index (κ2) is 7.37. The van der Waals surface area contributed by atoms with Crippen LogP contribution in [-0.2, 0) is 22.4 Å². The molecule has 3 rings (SSSR count). The van der Waals surface area contributed by atoms with Crippen LogP contribution < -0.4 is 0 Å². The number of carbonyl (C=O) groups is 2. The molecule has 4 nitrogen and oxygen atoms in total. The van der Waals surface area contributed by atoms with Crippen LogP contribution in [0.2, 0.25) is 0 Å². The number of fused-ring (bicyclic) bond motifs is 1. The van der Waals surface area contributed by atoms with E-state index in [4.69, 9.17) is 4.74 Å². The Hall–Kier alpha value is -1.84. The first kappa shape index (κ1) is 17.0. The summed E-state index contributed by atoms with van der Waals surface area (Å²) in [5.74, 6) is -0.477. The Bertz CT molecular complexity index is 615. The van der Waals surface area contributed by atoms with Gasteiger partial charge in [-0.25, -0.2) is 4.79 Å². The van der Waals surface area contributed by atoms with Gasteiger partial charge in [-0.05, 0) is 82.1 Å². The van der Waals surface area contributed by atoms with Crippen molar-refractivity contribution >= 4 is 11.9 Å². The van der Waals surface area contributed by atoms with E-state index in [9.17, 15) is 9.59 Å². The van der Waals surface area contributed by atoms with Gasteiger partial charge in [0.25, 0.3) is 5.91 Å². The lowest BCUT2D eigenvalue weighted by Gasteiger charge is -2.38.